The monoisotopic (exact) mass is 426 g/mol. The largest absolute Gasteiger partial charge is 0.457 e. The Morgan fingerprint density at radius 3 is 2.52 bits per heavy atom. The average Bonchev–Trinajstić information content (AvgIpc) is 3.26. The molecule has 1 aliphatic heterocycles. The molecule has 0 radical (unpaired) electrons. The lowest BCUT2D eigenvalue weighted by molar-refractivity contribution is -0.384. The summed E-state index contributed by atoms with van der Waals surface area (Å²) in [7, 11) is 0. The van der Waals surface area contributed by atoms with E-state index in [-0.39, 0.29) is 10.6 Å². The zero-order chi connectivity index (χ0) is 20.5. The molecule has 0 unspecified atom stereocenters. The zero-order valence-electron chi connectivity index (χ0n) is 14.6. The van der Waals surface area contributed by atoms with E-state index in [1.54, 1.807) is 48.5 Å². The van der Waals surface area contributed by atoms with Crippen LogP contribution in [0.15, 0.2) is 70.0 Å². The first-order chi connectivity index (χ1) is 13.9. The molecule has 2 amide bonds. The van der Waals surface area contributed by atoms with Crippen LogP contribution in [-0.2, 0) is 4.79 Å². The van der Waals surface area contributed by atoms with Gasteiger partial charge in [-0.1, -0.05) is 17.7 Å². The van der Waals surface area contributed by atoms with Crippen LogP contribution in [0, 0.1) is 10.1 Å². The van der Waals surface area contributed by atoms with E-state index in [0.717, 1.165) is 16.7 Å². The highest BCUT2D eigenvalue weighted by Crippen LogP contribution is 2.37. The van der Waals surface area contributed by atoms with Crippen molar-refractivity contribution in [2.45, 2.75) is 0 Å². The summed E-state index contributed by atoms with van der Waals surface area (Å²) in [4.78, 5) is 36.5. The number of benzene rings is 2. The topological polar surface area (TPSA) is 93.7 Å². The number of imide groups is 1. The van der Waals surface area contributed by atoms with Gasteiger partial charge in [-0.3, -0.25) is 19.7 Å². The van der Waals surface area contributed by atoms with E-state index >= 15 is 0 Å². The van der Waals surface area contributed by atoms with E-state index in [1.165, 1.54) is 18.2 Å². The summed E-state index contributed by atoms with van der Waals surface area (Å²) < 4.78 is 5.71. The van der Waals surface area contributed by atoms with Crippen LogP contribution in [0.5, 0.6) is 0 Å². The quantitative estimate of drug-likeness (QED) is 0.299. The Hall–Kier alpha value is -3.36. The molecule has 0 bridgehead atoms. The summed E-state index contributed by atoms with van der Waals surface area (Å²) in [5, 5.41) is 10.7. The highest BCUT2D eigenvalue weighted by Gasteiger charge is 2.36. The minimum atomic E-state index is -0.479. The lowest BCUT2D eigenvalue weighted by atomic mass is 10.1. The molecule has 1 saturated heterocycles. The molecule has 144 valence electrons. The predicted molar refractivity (Wildman–Crippen MR) is 111 cm³/mol. The molecule has 9 heteroatoms. The summed E-state index contributed by atoms with van der Waals surface area (Å²) in [6.45, 7) is 0. The maximum Gasteiger partial charge on any atom is 0.298 e. The van der Waals surface area contributed by atoms with Gasteiger partial charge in [0.1, 0.15) is 11.5 Å². The maximum atomic E-state index is 12.7. The number of hydrogen-bond acceptors (Lipinski definition) is 6. The molecule has 1 aromatic heterocycles. The molecule has 4 rings (SSSR count). The van der Waals surface area contributed by atoms with E-state index in [2.05, 4.69) is 0 Å². The predicted octanol–water partition coefficient (Wildman–Crippen LogP) is 5.75. The molecule has 7 nitrogen and oxygen atoms in total. The Morgan fingerprint density at radius 2 is 1.83 bits per heavy atom. The lowest BCUT2D eigenvalue weighted by Crippen LogP contribution is -2.27. The van der Waals surface area contributed by atoms with Crippen molar-refractivity contribution in [3.63, 3.8) is 0 Å². The maximum absolute atomic E-state index is 12.7. The van der Waals surface area contributed by atoms with Gasteiger partial charge in [0.25, 0.3) is 16.8 Å². The number of carbonyl (C=O) groups is 2. The fourth-order valence-corrected chi connectivity index (χ4v) is 3.77. The standard InChI is InChI=1S/C20H11ClN2O5S/c21-13-2-1-3-15(10-13)22-19(24)18(29-20(22)25)11-16-8-9-17(28-16)12-4-6-14(7-5-12)23(26)27/h1-11H. The number of nitro benzene ring substituents is 1. The van der Waals surface area contributed by atoms with Crippen LogP contribution in [-0.4, -0.2) is 16.1 Å². The Balaban J connectivity index is 1.58. The summed E-state index contributed by atoms with van der Waals surface area (Å²) in [5.74, 6) is 0.408. The number of nitro groups is 1. The number of amides is 2. The molecule has 0 N–H and O–H groups in total. The second-order valence-electron chi connectivity index (χ2n) is 6.00. The summed E-state index contributed by atoms with van der Waals surface area (Å²) >= 11 is 6.76. The highest BCUT2D eigenvalue weighted by molar-refractivity contribution is 8.19. The van der Waals surface area contributed by atoms with Crippen LogP contribution in [0.4, 0.5) is 16.2 Å². The van der Waals surface area contributed by atoms with E-state index < -0.39 is 16.1 Å². The number of thioether (sulfide) groups is 1. The van der Waals surface area contributed by atoms with Crippen molar-refractivity contribution >= 4 is 52.0 Å². The molecule has 0 aliphatic carbocycles. The lowest BCUT2D eigenvalue weighted by Gasteiger charge is -2.12. The number of carbonyl (C=O) groups excluding carboxylic acids is 2. The third-order valence-corrected chi connectivity index (χ3v) is 5.23. The summed E-state index contributed by atoms with van der Waals surface area (Å²) in [6.07, 6.45) is 1.49. The SMILES string of the molecule is O=C1SC(=Cc2ccc(-c3ccc([N+](=O)[O-])cc3)o2)C(=O)N1c1cccc(Cl)c1. The van der Waals surface area contributed by atoms with Crippen molar-refractivity contribution in [1.29, 1.82) is 0 Å². The van der Waals surface area contributed by atoms with Gasteiger partial charge < -0.3 is 4.42 Å². The van der Waals surface area contributed by atoms with E-state index in [1.807, 2.05) is 0 Å². The number of nitrogens with zero attached hydrogens (tertiary/aromatic N) is 2. The second kappa shape index (κ2) is 7.57. The third-order valence-electron chi connectivity index (χ3n) is 4.12. The first-order valence-electron chi connectivity index (χ1n) is 8.30. The van der Waals surface area contributed by atoms with E-state index in [0.29, 0.717) is 27.8 Å². The van der Waals surface area contributed by atoms with Gasteiger partial charge in [-0.05, 0) is 54.2 Å². The van der Waals surface area contributed by atoms with Gasteiger partial charge in [0, 0.05) is 28.8 Å². The first kappa shape index (κ1) is 19.0. The fourth-order valence-electron chi connectivity index (χ4n) is 2.77. The van der Waals surface area contributed by atoms with Crippen molar-refractivity contribution in [2.75, 3.05) is 4.90 Å². The molecule has 3 aromatic rings. The molecule has 0 atom stereocenters. The molecule has 2 aromatic carbocycles. The summed E-state index contributed by atoms with van der Waals surface area (Å²) in [5.41, 5.74) is 1.03. The number of furan rings is 1. The normalized spacial score (nSPS) is 15.3. The smallest absolute Gasteiger partial charge is 0.298 e. The van der Waals surface area contributed by atoms with Crippen molar-refractivity contribution in [1.82, 2.24) is 0 Å². The molecular weight excluding hydrogens is 416 g/mol. The minimum absolute atomic E-state index is 0.0183. The van der Waals surface area contributed by atoms with Crippen molar-refractivity contribution in [3.05, 3.63) is 86.5 Å². The second-order valence-corrected chi connectivity index (χ2v) is 7.43. The Morgan fingerprint density at radius 1 is 1.07 bits per heavy atom. The fraction of sp³-hybridized carbons (Fsp3) is 0. The average molecular weight is 427 g/mol. The number of halogens is 1. The molecule has 0 spiro atoms. The van der Waals surface area contributed by atoms with Crippen LogP contribution < -0.4 is 4.90 Å². The molecular formula is C20H11ClN2O5S. The highest BCUT2D eigenvalue weighted by atomic mass is 35.5. The van der Waals surface area contributed by atoms with E-state index in [9.17, 15) is 19.7 Å². The third kappa shape index (κ3) is 3.80. The van der Waals surface area contributed by atoms with Gasteiger partial charge in [0.15, 0.2) is 0 Å². The molecule has 0 saturated carbocycles. The number of hydrogen-bond donors (Lipinski definition) is 0. The van der Waals surface area contributed by atoms with Crippen LogP contribution in [0.1, 0.15) is 5.76 Å². The Labute approximate surface area is 173 Å². The van der Waals surface area contributed by atoms with E-state index in [4.69, 9.17) is 16.0 Å². The van der Waals surface area contributed by atoms with Gasteiger partial charge in [0.2, 0.25) is 0 Å². The van der Waals surface area contributed by atoms with Crippen molar-refractivity contribution < 1.29 is 18.9 Å². The van der Waals surface area contributed by atoms with Crippen LogP contribution in [0.25, 0.3) is 17.4 Å². The van der Waals surface area contributed by atoms with Crippen LogP contribution in [0.3, 0.4) is 0 Å². The van der Waals surface area contributed by atoms with Gasteiger partial charge >= 0.3 is 0 Å². The molecule has 1 aliphatic rings. The first-order valence-corrected chi connectivity index (χ1v) is 9.50. The molecule has 1 fully saturated rings. The number of rotatable bonds is 4. The number of anilines is 1. The minimum Gasteiger partial charge on any atom is -0.457 e. The Kier molecular flexibility index (Phi) is 4.96. The van der Waals surface area contributed by atoms with Gasteiger partial charge in [0.05, 0.1) is 15.5 Å². The van der Waals surface area contributed by atoms with Crippen molar-refractivity contribution in [2.24, 2.45) is 0 Å². The number of non-ortho nitro benzene ring substituents is 1. The molecule has 2 heterocycles. The van der Waals surface area contributed by atoms with Gasteiger partial charge in [-0.2, -0.15) is 0 Å². The Bertz CT molecular complexity index is 1170. The van der Waals surface area contributed by atoms with Gasteiger partial charge in [-0.25, -0.2) is 4.90 Å². The van der Waals surface area contributed by atoms with Crippen LogP contribution >= 0.6 is 23.4 Å². The van der Waals surface area contributed by atoms with Crippen molar-refractivity contribution in [3.8, 4) is 11.3 Å². The molecule has 29 heavy (non-hydrogen) atoms. The zero-order valence-corrected chi connectivity index (χ0v) is 16.1. The summed E-state index contributed by atoms with van der Waals surface area (Å²) in [6, 6.07) is 15.8. The van der Waals surface area contributed by atoms with Gasteiger partial charge in [-0.15, -0.1) is 0 Å². The van der Waals surface area contributed by atoms with Crippen LogP contribution in [0.2, 0.25) is 5.02 Å².